The number of carbonyl (C=O) groups excluding carboxylic acids is 1. The third kappa shape index (κ3) is 6.15. The highest BCUT2D eigenvalue weighted by molar-refractivity contribution is 7.15. The first-order valence-electron chi connectivity index (χ1n) is 9.39. The summed E-state index contributed by atoms with van der Waals surface area (Å²) in [6.07, 6.45) is 2.43. The summed E-state index contributed by atoms with van der Waals surface area (Å²) < 4.78 is 0. The van der Waals surface area contributed by atoms with Crippen LogP contribution in [0, 0.1) is 6.92 Å². The zero-order chi connectivity index (χ0) is 20.8. The van der Waals surface area contributed by atoms with Gasteiger partial charge in [0.25, 0.3) is 0 Å². The number of thiazole rings is 1. The zero-order valence-electron chi connectivity index (χ0n) is 16.6. The van der Waals surface area contributed by atoms with Crippen LogP contribution in [0.2, 0.25) is 0 Å². The molecule has 0 bridgehead atoms. The summed E-state index contributed by atoms with van der Waals surface area (Å²) in [5.41, 5.74) is 16.2. The monoisotopic (exact) mass is 407 g/mol. The smallest absolute Gasteiger partial charge is 0.223 e. The summed E-state index contributed by atoms with van der Waals surface area (Å²) in [6.45, 7) is 3.58. The molecule has 1 amide bonds. The minimum absolute atomic E-state index is 0.0477. The van der Waals surface area contributed by atoms with Crippen LogP contribution in [0.15, 0.2) is 53.5 Å². The Hall–Kier alpha value is -3.19. The standard InChI is InChI=1S/C22H25N5OS/c1-14-3-5-17(6-4-14)13-20-19(27-22(29-20)25-15(2)28)12-9-16-7-10-18(11-8-16)26-21(23)24/h3-8,10-11H,9,12-13H2,1-2H3,(H4,23,24,26)(H,25,27,28). The van der Waals surface area contributed by atoms with Gasteiger partial charge in [-0.15, -0.1) is 11.3 Å². The van der Waals surface area contributed by atoms with E-state index in [2.05, 4.69) is 46.5 Å². The molecule has 0 atom stereocenters. The molecule has 29 heavy (non-hydrogen) atoms. The molecule has 1 aromatic heterocycles. The molecular formula is C22H25N5OS. The lowest BCUT2D eigenvalue weighted by Crippen LogP contribution is -2.21. The van der Waals surface area contributed by atoms with Crippen molar-refractivity contribution in [2.75, 3.05) is 5.32 Å². The molecule has 1 heterocycles. The fraction of sp³-hybridized carbons (Fsp3) is 0.227. The number of amides is 1. The van der Waals surface area contributed by atoms with Gasteiger partial charge in [0, 0.05) is 18.2 Å². The second-order valence-electron chi connectivity index (χ2n) is 6.94. The van der Waals surface area contributed by atoms with Gasteiger partial charge in [-0.1, -0.05) is 42.0 Å². The van der Waals surface area contributed by atoms with Gasteiger partial charge < -0.3 is 16.8 Å². The second kappa shape index (κ2) is 9.34. The Morgan fingerprint density at radius 3 is 2.31 bits per heavy atom. The fourth-order valence-electron chi connectivity index (χ4n) is 2.96. The van der Waals surface area contributed by atoms with E-state index in [9.17, 15) is 4.79 Å². The number of carbonyl (C=O) groups is 1. The van der Waals surface area contributed by atoms with Gasteiger partial charge in [0.05, 0.1) is 11.4 Å². The van der Waals surface area contributed by atoms with Crippen molar-refractivity contribution in [3.63, 3.8) is 0 Å². The molecule has 0 saturated carbocycles. The number of nitrogens with two attached hydrogens (primary N) is 2. The molecule has 0 fully saturated rings. The van der Waals surface area contributed by atoms with Crippen LogP contribution >= 0.6 is 11.3 Å². The maximum Gasteiger partial charge on any atom is 0.223 e. The maximum absolute atomic E-state index is 11.4. The van der Waals surface area contributed by atoms with E-state index in [0.717, 1.165) is 30.6 Å². The topological polar surface area (TPSA) is 106 Å². The Kier molecular flexibility index (Phi) is 6.61. The quantitative estimate of drug-likeness (QED) is 0.410. The lowest BCUT2D eigenvalue weighted by Gasteiger charge is -2.05. The Labute approximate surface area is 174 Å². The van der Waals surface area contributed by atoms with Gasteiger partial charge in [-0.3, -0.25) is 4.79 Å². The van der Waals surface area contributed by atoms with Crippen molar-refractivity contribution in [1.82, 2.24) is 4.98 Å². The molecule has 3 aromatic rings. The van der Waals surface area contributed by atoms with E-state index < -0.39 is 0 Å². The summed E-state index contributed by atoms with van der Waals surface area (Å²) >= 11 is 1.54. The molecule has 5 N–H and O–H groups in total. The maximum atomic E-state index is 11.4. The highest BCUT2D eigenvalue weighted by Gasteiger charge is 2.13. The summed E-state index contributed by atoms with van der Waals surface area (Å²) in [5, 5.41) is 3.47. The predicted molar refractivity (Wildman–Crippen MR) is 120 cm³/mol. The Balaban J connectivity index is 1.75. The van der Waals surface area contributed by atoms with Gasteiger partial charge >= 0.3 is 0 Å². The van der Waals surface area contributed by atoms with Gasteiger partial charge in [-0.25, -0.2) is 9.98 Å². The molecule has 0 spiro atoms. The molecule has 0 aliphatic heterocycles. The van der Waals surface area contributed by atoms with Crippen molar-refractivity contribution in [2.45, 2.75) is 33.1 Å². The van der Waals surface area contributed by atoms with Gasteiger partial charge in [0.2, 0.25) is 5.91 Å². The highest BCUT2D eigenvalue weighted by atomic mass is 32.1. The van der Waals surface area contributed by atoms with Crippen LogP contribution in [0.4, 0.5) is 10.8 Å². The minimum Gasteiger partial charge on any atom is -0.370 e. The van der Waals surface area contributed by atoms with Gasteiger partial charge in [-0.2, -0.15) is 0 Å². The molecule has 0 saturated heterocycles. The number of nitrogens with zero attached hydrogens (tertiary/aromatic N) is 2. The number of rotatable bonds is 7. The lowest BCUT2D eigenvalue weighted by atomic mass is 10.0. The van der Waals surface area contributed by atoms with E-state index in [0.29, 0.717) is 5.13 Å². The average Bonchev–Trinajstić information content (AvgIpc) is 3.03. The van der Waals surface area contributed by atoms with E-state index in [4.69, 9.17) is 11.5 Å². The Morgan fingerprint density at radius 1 is 1.03 bits per heavy atom. The Morgan fingerprint density at radius 2 is 1.69 bits per heavy atom. The molecule has 6 nitrogen and oxygen atoms in total. The number of hydrogen-bond acceptors (Lipinski definition) is 4. The van der Waals surface area contributed by atoms with Crippen molar-refractivity contribution < 1.29 is 4.79 Å². The van der Waals surface area contributed by atoms with Crippen molar-refractivity contribution in [2.24, 2.45) is 16.5 Å². The van der Waals surface area contributed by atoms with E-state index >= 15 is 0 Å². The number of aromatic nitrogens is 1. The molecule has 3 rings (SSSR count). The number of aryl methyl sites for hydroxylation is 3. The summed E-state index contributed by atoms with van der Waals surface area (Å²) in [4.78, 5) is 21.3. The zero-order valence-corrected chi connectivity index (χ0v) is 17.4. The lowest BCUT2D eigenvalue weighted by molar-refractivity contribution is -0.114. The second-order valence-corrected chi connectivity index (χ2v) is 8.02. The first-order valence-corrected chi connectivity index (χ1v) is 10.2. The number of hydrogen-bond donors (Lipinski definition) is 3. The van der Waals surface area contributed by atoms with E-state index in [1.165, 1.54) is 28.5 Å². The van der Waals surface area contributed by atoms with Crippen LogP contribution in [-0.4, -0.2) is 16.9 Å². The number of aliphatic imine (C=N–C) groups is 1. The molecular weight excluding hydrogens is 382 g/mol. The van der Waals surface area contributed by atoms with Crippen LogP contribution < -0.4 is 16.8 Å². The largest absolute Gasteiger partial charge is 0.370 e. The minimum atomic E-state index is -0.109. The van der Waals surface area contributed by atoms with E-state index in [1.54, 1.807) is 11.3 Å². The number of nitrogens with one attached hydrogen (secondary N) is 1. The molecule has 150 valence electrons. The van der Waals surface area contributed by atoms with Crippen LogP contribution in [0.25, 0.3) is 0 Å². The van der Waals surface area contributed by atoms with Crippen LogP contribution in [0.3, 0.4) is 0 Å². The molecule has 7 heteroatoms. The molecule has 0 aliphatic rings. The Bertz CT molecular complexity index is 1000. The third-order valence-electron chi connectivity index (χ3n) is 4.39. The van der Waals surface area contributed by atoms with Crippen molar-refractivity contribution in [3.05, 3.63) is 75.8 Å². The van der Waals surface area contributed by atoms with E-state index in [-0.39, 0.29) is 11.9 Å². The first kappa shape index (κ1) is 20.5. The van der Waals surface area contributed by atoms with Gasteiger partial charge in [0.1, 0.15) is 0 Å². The molecule has 0 radical (unpaired) electrons. The SMILES string of the molecule is CC(=O)Nc1nc(CCc2ccc(N=C(N)N)cc2)c(Cc2ccc(C)cc2)s1. The van der Waals surface area contributed by atoms with Crippen LogP contribution in [0.1, 0.15) is 34.2 Å². The average molecular weight is 408 g/mol. The first-order chi connectivity index (χ1) is 13.9. The third-order valence-corrected chi connectivity index (χ3v) is 5.40. The number of anilines is 1. The van der Waals surface area contributed by atoms with E-state index in [1.807, 2.05) is 24.3 Å². The fourth-order valence-corrected chi connectivity index (χ4v) is 4.05. The normalized spacial score (nSPS) is 10.6. The van der Waals surface area contributed by atoms with Crippen LogP contribution in [-0.2, 0) is 24.1 Å². The summed E-state index contributed by atoms with van der Waals surface area (Å²) in [7, 11) is 0. The van der Waals surface area contributed by atoms with Gasteiger partial charge in [0.15, 0.2) is 11.1 Å². The predicted octanol–water partition coefficient (Wildman–Crippen LogP) is 3.69. The highest BCUT2D eigenvalue weighted by Crippen LogP contribution is 2.27. The molecule has 0 aliphatic carbocycles. The number of benzene rings is 2. The molecule has 2 aromatic carbocycles. The van der Waals surface area contributed by atoms with Gasteiger partial charge in [-0.05, 0) is 43.0 Å². The summed E-state index contributed by atoms with van der Waals surface area (Å²) in [5.74, 6) is -0.0611. The van der Waals surface area contributed by atoms with Crippen molar-refractivity contribution in [1.29, 1.82) is 0 Å². The van der Waals surface area contributed by atoms with Crippen molar-refractivity contribution in [3.8, 4) is 0 Å². The van der Waals surface area contributed by atoms with Crippen LogP contribution in [0.5, 0.6) is 0 Å². The molecule has 0 unspecified atom stereocenters. The van der Waals surface area contributed by atoms with Crippen molar-refractivity contribution >= 4 is 34.0 Å². The summed E-state index contributed by atoms with van der Waals surface area (Å²) in [6, 6.07) is 16.3. The number of guanidine groups is 1.